The third-order valence-electron chi connectivity index (χ3n) is 2.39. The maximum Gasteiger partial charge on any atom is 0.417 e. The fourth-order valence-corrected chi connectivity index (χ4v) is 2.35. The predicted octanol–water partition coefficient (Wildman–Crippen LogP) is 4.28. The lowest BCUT2D eigenvalue weighted by Gasteiger charge is -2.14. The normalized spacial score (nSPS) is 14.5. The molecule has 0 aliphatic rings. The largest absolute Gasteiger partial charge is 0.513 e. The number of benzene rings is 1. The second-order valence-corrected chi connectivity index (χ2v) is 5.18. The van der Waals surface area contributed by atoms with Crippen molar-refractivity contribution in [3.63, 3.8) is 0 Å². The maximum atomic E-state index is 12.8. The van der Waals surface area contributed by atoms with Crippen LogP contribution < -0.4 is 0 Å². The molecule has 1 rings (SSSR count). The highest BCUT2D eigenvalue weighted by Crippen LogP contribution is 2.38. The number of aryl methyl sites for hydroxylation is 1. The third kappa shape index (κ3) is 4.80. The molecule has 6 heteroatoms. The lowest BCUT2D eigenvalue weighted by Crippen LogP contribution is -2.09. The predicted molar refractivity (Wildman–Crippen MR) is 69.0 cm³/mol. The van der Waals surface area contributed by atoms with Gasteiger partial charge in [-0.1, -0.05) is 30.3 Å². The Kier molecular flexibility index (Phi) is 5.31. The molecule has 0 aliphatic carbocycles. The number of allylic oxidation sites excluding steroid dienone is 1. The number of aliphatic hydroxyl groups is 2. The van der Waals surface area contributed by atoms with Gasteiger partial charge in [0.1, 0.15) is 5.44 Å². The Morgan fingerprint density at radius 1 is 1.42 bits per heavy atom. The van der Waals surface area contributed by atoms with Crippen molar-refractivity contribution in [3.05, 3.63) is 41.2 Å². The summed E-state index contributed by atoms with van der Waals surface area (Å²) in [7, 11) is 0. The average Bonchev–Trinajstić information content (AvgIpc) is 2.29. The smallest absolute Gasteiger partial charge is 0.417 e. The molecule has 1 aromatic rings. The molecule has 0 saturated carbocycles. The van der Waals surface area contributed by atoms with Gasteiger partial charge in [-0.3, -0.25) is 0 Å². The fraction of sp³-hybridized carbons (Fsp3) is 0.385. The number of hydrogen-bond acceptors (Lipinski definition) is 3. The summed E-state index contributed by atoms with van der Waals surface area (Å²) in [6.45, 7) is 3.25. The van der Waals surface area contributed by atoms with Gasteiger partial charge in [-0.05, 0) is 25.1 Å². The Labute approximate surface area is 114 Å². The van der Waals surface area contributed by atoms with Crippen LogP contribution in [-0.4, -0.2) is 15.6 Å². The van der Waals surface area contributed by atoms with Crippen molar-refractivity contribution in [2.45, 2.75) is 36.8 Å². The molecule has 106 valence electrons. The molecular weight excluding hydrogens is 277 g/mol. The van der Waals surface area contributed by atoms with Crippen molar-refractivity contribution in [2.75, 3.05) is 0 Å². The molecule has 0 saturated heterocycles. The lowest BCUT2D eigenvalue weighted by molar-refractivity contribution is -0.139. The minimum Gasteiger partial charge on any atom is -0.513 e. The van der Waals surface area contributed by atoms with Gasteiger partial charge in [0.15, 0.2) is 0 Å². The summed E-state index contributed by atoms with van der Waals surface area (Å²) < 4.78 is 38.5. The first kappa shape index (κ1) is 15.9. The van der Waals surface area contributed by atoms with E-state index in [4.69, 9.17) is 0 Å². The van der Waals surface area contributed by atoms with Crippen LogP contribution in [0.3, 0.4) is 0 Å². The summed E-state index contributed by atoms with van der Waals surface area (Å²) in [5.74, 6) is -0.0549. The van der Waals surface area contributed by atoms with Crippen molar-refractivity contribution < 1.29 is 23.4 Å². The topological polar surface area (TPSA) is 40.5 Å². The fourth-order valence-electron chi connectivity index (χ4n) is 1.41. The van der Waals surface area contributed by atoms with Crippen molar-refractivity contribution in [3.8, 4) is 0 Å². The van der Waals surface area contributed by atoms with E-state index in [1.807, 2.05) is 0 Å². The average molecular weight is 292 g/mol. The van der Waals surface area contributed by atoms with Gasteiger partial charge in [-0.25, -0.2) is 0 Å². The van der Waals surface area contributed by atoms with E-state index in [1.165, 1.54) is 6.07 Å². The lowest BCUT2D eigenvalue weighted by atomic mass is 10.1. The standard InChI is InChI=1S/C13H15F3O2S/c1-3-9(17)7-12(18)19-11-5-4-8(2)6-10(11)13(14,15)16/h4-7,12,17-18H,3H2,1-2H3/b9-7+. The van der Waals surface area contributed by atoms with Crippen LogP contribution in [0.2, 0.25) is 0 Å². The van der Waals surface area contributed by atoms with E-state index in [2.05, 4.69) is 0 Å². The summed E-state index contributed by atoms with van der Waals surface area (Å²) >= 11 is 0.649. The van der Waals surface area contributed by atoms with Crippen molar-refractivity contribution in [1.29, 1.82) is 0 Å². The minimum atomic E-state index is -4.47. The van der Waals surface area contributed by atoms with Gasteiger partial charge in [0, 0.05) is 11.3 Å². The van der Waals surface area contributed by atoms with E-state index in [9.17, 15) is 23.4 Å². The molecule has 0 amide bonds. The van der Waals surface area contributed by atoms with Crippen LogP contribution in [0.4, 0.5) is 13.2 Å². The van der Waals surface area contributed by atoms with Crippen LogP contribution in [0.25, 0.3) is 0 Å². The zero-order chi connectivity index (χ0) is 14.6. The SMILES string of the molecule is CC/C(O)=C\C(O)Sc1ccc(C)cc1C(F)(F)F. The van der Waals surface area contributed by atoms with Gasteiger partial charge < -0.3 is 10.2 Å². The molecule has 0 heterocycles. The highest BCUT2D eigenvalue weighted by Gasteiger charge is 2.34. The Bertz CT molecular complexity index is 469. The van der Waals surface area contributed by atoms with Gasteiger partial charge >= 0.3 is 6.18 Å². The first-order valence-corrected chi connectivity index (χ1v) is 6.54. The molecule has 2 nitrogen and oxygen atoms in total. The van der Waals surface area contributed by atoms with Crippen LogP contribution in [0.5, 0.6) is 0 Å². The molecule has 1 aromatic carbocycles. The molecule has 0 spiro atoms. The van der Waals surface area contributed by atoms with E-state index >= 15 is 0 Å². The second-order valence-electron chi connectivity index (χ2n) is 4.02. The number of rotatable bonds is 4. The molecule has 19 heavy (non-hydrogen) atoms. The summed E-state index contributed by atoms with van der Waals surface area (Å²) in [5, 5.41) is 18.9. The van der Waals surface area contributed by atoms with E-state index < -0.39 is 17.2 Å². The first-order valence-electron chi connectivity index (χ1n) is 5.66. The van der Waals surface area contributed by atoms with Crippen molar-refractivity contribution in [2.24, 2.45) is 0 Å². The Morgan fingerprint density at radius 3 is 2.58 bits per heavy atom. The summed E-state index contributed by atoms with van der Waals surface area (Å²) in [5.41, 5.74) is -1.50. The van der Waals surface area contributed by atoms with E-state index in [-0.39, 0.29) is 10.7 Å². The van der Waals surface area contributed by atoms with Crippen LogP contribution in [-0.2, 0) is 6.18 Å². The highest BCUT2D eigenvalue weighted by molar-refractivity contribution is 8.00. The number of thioether (sulfide) groups is 1. The Balaban J connectivity index is 3.02. The molecular formula is C13H15F3O2S. The van der Waals surface area contributed by atoms with Crippen LogP contribution >= 0.6 is 11.8 Å². The molecule has 2 N–H and O–H groups in total. The molecule has 0 bridgehead atoms. The first-order chi connectivity index (χ1) is 8.74. The zero-order valence-corrected chi connectivity index (χ0v) is 11.3. The molecule has 0 aliphatic heterocycles. The van der Waals surface area contributed by atoms with E-state index in [0.717, 1.165) is 12.1 Å². The molecule has 0 aromatic heterocycles. The number of halogens is 3. The molecule has 1 atom stereocenters. The minimum absolute atomic E-state index is 0.0549. The van der Waals surface area contributed by atoms with E-state index in [0.29, 0.717) is 23.7 Å². The van der Waals surface area contributed by atoms with Gasteiger partial charge in [0.25, 0.3) is 0 Å². The van der Waals surface area contributed by atoms with Crippen LogP contribution in [0.1, 0.15) is 24.5 Å². The van der Waals surface area contributed by atoms with Gasteiger partial charge in [-0.15, -0.1) is 0 Å². The molecule has 0 radical (unpaired) electrons. The van der Waals surface area contributed by atoms with Gasteiger partial charge in [-0.2, -0.15) is 13.2 Å². The monoisotopic (exact) mass is 292 g/mol. The summed E-state index contributed by atoms with van der Waals surface area (Å²) in [6, 6.07) is 3.91. The molecule has 0 fully saturated rings. The Hall–Kier alpha value is -1.14. The highest BCUT2D eigenvalue weighted by atomic mass is 32.2. The second kappa shape index (κ2) is 6.34. The zero-order valence-electron chi connectivity index (χ0n) is 10.5. The van der Waals surface area contributed by atoms with Gasteiger partial charge in [0.2, 0.25) is 0 Å². The van der Waals surface area contributed by atoms with Gasteiger partial charge in [0.05, 0.1) is 11.3 Å². The van der Waals surface area contributed by atoms with Crippen LogP contribution in [0, 0.1) is 6.92 Å². The van der Waals surface area contributed by atoms with Crippen molar-refractivity contribution >= 4 is 11.8 Å². The number of hydrogen-bond donors (Lipinski definition) is 2. The van der Waals surface area contributed by atoms with Crippen molar-refractivity contribution in [1.82, 2.24) is 0 Å². The van der Waals surface area contributed by atoms with E-state index in [1.54, 1.807) is 19.9 Å². The Morgan fingerprint density at radius 2 is 2.05 bits per heavy atom. The summed E-state index contributed by atoms with van der Waals surface area (Å²) in [4.78, 5) is -0.0641. The maximum absolute atomic E-state index is 12.8. The molecule has 1 unspecified atom stereocenters. The number of aliphatic hydroxyl groups excluding tert-OH is 2. The quantitative estimate of drug-likeness (QED) is 0.494. The third-order valence-corrected chi connectivity index (χ3v) is 3.37. The summed E-state index contributed by atoms with van der Waals surface area (Å²) in [6.07, 6.45) is -3.02. The van der Waals surface area contributed by atoms with Crippen LogP contribution in [0.15, 0.2) is 34.9 Å². The number of alkyl halides is 3.